The summed E-state index contributed by atoms with van der Waals surface area (Å²) in [5.41, 5.74) is 1.56. The monoisotopic (exact) mass is 306 g/mol. The molecular formula is C19H30O3. The number of rotatable bonds is 11. The lowest BCUT2D eigenvalue weighted by Gasteiger charge is -2.37. The predicted molar refractivity (Wildman–Crippen MR) is 89.5 cm³/mol. The van der Waals surface area contributed by atoms with Crippen molar-refractivity contribution < 1.29 is 14.2 Å². The molecule has 0 unspecified atom stereocenters. The van der Waals surface area contributed by atoms with Gasteiger partial charge in [-0.05, 0) is 31.9 Å². The molecular weight excluding hydrogens is 276 g/mol. The second-order valence-corrected chi connectivity index (χ2v) is 6.79. The van der Waals surface area contributed by atoms with Crippen molar-refractivity contribution in [3.63, 3.8) is 0 Å². The molecule has 1 aromatic rings. The summed E-state index contributed by atoms with van der Waals surface area (Å²) in [4.78, 5) is 0. The van der Waals surface area contributed by atoms with Gasteiger partial charge in [0.15, 0.2) is 0 Å². The summed E-state index contributed by atoms with van der Waals surface area (Å²) < 4.78 is 16.7. The van der Waals surface area contributed by atoms with Crippen molar-refractivity contribution in [1.82, 2.24) is 0 Å². The number of unbranched alkanes of at least 4 members (excludes halogenated alkanes) is 4. The largest absolute Gasteiger partial charge is 0.494 e. The first-order chi connectivity index (χ1) is 10.7. The van der Waals surface area contributed by atoms with Crippen LogP contribution in [0.25, 0.3) is 0 Å². The van der Waals surface area contributed by atoms with E-state index in [2.05, 4.69) is 26.0 Å². The molecule has 0 aromatic heterocycles. The first-order valence-electron chi connectivity index (χ1n) is 8.53. The minimum absolute atomic E-state index is 0.285. The quantitative estimate of drug-likeness (QED) is 0.568. The van der Waals surface area contributed by atoms with E-state index in [1.54, 1.807) is 0 Å². The van der Waals surface area contributed by atoms with Crippen LogP contribution < -0.4 is 4.74 Å². The van der Waals surface area contributed by atoms with Gasteiger partial charge < -0.3 is 14.2 Å². The van der Waals surface area contributed by atoms with E-state index in [1.165, 1.54) is 24.8 Å². The molecule has 1 aliphatic heterocycles. The van der Waals surface area contributed by atoms with Gasteiger partial charge in [0.05, 0.1) is 26.4 Å². The highest BCUT2D eigenvalue weighted by Gasteiger charge is 2.33. The molecule has 0 amide bonds. The van der Waals surface area contributed by atoms with Crippen molar-refractivity contribution in [2.24, 2.45) is 5.41 Å². The minimum Gasteiger partial charge on any atom is -0.494 e. The summed E-state index contributed by atoms with van der Waals surface area (Å²) in [6, 6.07) is 8.26. The van der Waals surface area contributed by atoms with E-state index in [9.17, 15) is 0 Å². The third kappa shape index (κ3) is 6.37. The minimum atomic E-state index is 0.285. The highest BCUT2D eigenvalue weighted by atomic mass is 16.5. The smallest absolute Gasteiger partial charge is 0.119 e. The van der Waals surface area contributed by atoms with Crippen LogP contribution in [0, 0.1) is 12.3 Å². The van der Waals surface area contributed by atoms with Crippen LogP contribution in [0.15, 0.2) is 24.3 Å². The van der Waals surface area contributed by atoms with E-state index in [0.29, 0.717) is 0 Å². The van der Waals surface area contributed by atoms with Crippen molar-refractivity contribution in [1.29, 1.82) is 0 Å². The summed E-state index contributed by atoms with van der Waals surface area (Å²) >= 11 is 0. The highest BCUT2D eigenvalue weighted by Crippen LogP contribution is 2.26. The predicted octanol–water partition coefficient (Wildman–Crippen LogP) is 4.38. The normalized spacial score (nSPS) is 16.3. The molecule has 3 heteroatoms. The van der Waals surface area contributed by atoms with Crippen molar-refractivity contribution in [2.45, 2.75) is 46.0 Å². The molecule has 1 fully saturated rings. The van der Waals surface area contributed by atoms with Crippen LogP contribution in [0.5, 0.6) is 5.75 Å². The van der Waals surface area contributed by atoms with Gasteiger partial charge in [-0.1, -0.05) is 43.9 Å². The molecule has 2 rings (SSSR count). The summed E-state index contributed by atoms with van der Waals surface area (Å²) in [5, 5.41) is 0. The number of hydrogen-bond donors (Lipinski definition) is 0. The molecule has 124 valence electrons. The van der Waals surface area contributed by atoms with Crippen LogP contribution in [0.3, 0.4) is 0 Å². The first kappa shape index (κ1) is 17.3. The van der Waals surface area contributed by atoms with Crippen LogP contribution in [-0.4, -0.2) is 33.0 Å². The lowest BCUT2D eigenvalue weighted by Crippen LogP contribution is -2.43. The number of hydrogen-bond acceptors (Lipinski definition) is 3. The number of benzene rings is 1. The maximum atomic E-state index is 5.73. The molecule has 0 spiro atoms. The lowest BCUT2D eigenvalue weighted by atomic mass is 9.90. The Morgan fingerprint density at radius 2 is 1.59 bits per heavy atom. The Bertz CT molecular complexity index is 409. The Balaban J connectivity index is 1.36. The first-order valence-corrected chi connectivity index (χ1v) is 8.53. The van der Waals surface area contributed by atoms with Gasteiger partial charge in [0.25, 0.3) is 0 Å². The van der Waals surface area contributed by atoms with E-state index < -0.39 is 0 Å². The molecule has 0 aliphatic carbocycles. The van der Waals surface area contributed by atoms with Crippen molar-refractivity contribution in [3.8, 4) is 5.75 Å². The maximum Gasteiger partial charge on any atom is 0.119 e. The molecule has 0 N–H and O–H groups in total. The molecule has 0 atom stereocenters. The second-order valence-electron chi connectivity index (χ2n) is 6.79. The lowest BCUT2D eigenvalue weighted by molar-refractivity contribution is -0.137. The van der Waals surface area contributed by atoms with Gasteiger partial charge in [-0.25, -0.2) is 0 Å². The number of ether oxygens (including phenoxy) is 3. The Morgan fingerprint density at radius 1 is 0.955 bits per heavy atom. The summed E-state index contributed by atoms with van der Waals surface area (Å²) in [7, 11) is 0. The molecule has 0 radical (unpaired) electrons. The molecule has 0 bridgehead atoms. The molecule has 1 aliphatic rings. The molecule has 3 nitrogen and oxygen atoms in total. The van der Waals surface area contributed by atoms with Gasteiger partial charge in [0.2, 0.25) is 0 Å². The van der Waals surface area contributed by atoms with Crippen molar-refractivity contribution in [3.05, 3.63) is 29.8 Å². The van der Waals surface area contributed by atoms with Crippen LogP contribution >= 0.6 is 0 Å². The van der Waals surface area contributed by atoms with E-state index in [0.717, 1.165) is 51.6 Å². The average molecular weight is 306 g/mol. The van der Waals surface area contributed by atoms with E-state index >= 15 is 0 Å². The fraction of sp³-hybridized carbons (Fsp3) is 0.684. The van der Waals surface area contributed by atoms with Gasteiger partial charge in [0.1, 0.15) is 5.75 Å². The fourth-order valence-electron chi connectivity index (χ4n) is 2.51. The van der Waals surface area contributed by atoms with Gasteiger partial charge in [-0.2, -0.15) is 0 Å². The fourth-order valence-corrected chi connectivity index (χ4v) is 2.51. The molecule has 0 saturated carbocycles. The Hall–Kier alpha value is -1.06. The molecule has 1 aromatic carbocycles. The topological polar surface area (TPSA) is 27.7 Å². The van der Waals surface area contributed by atoms with E-state index in [4.69, 9.17) is 14.2 Å². The average Bonchev–Trinajstić information content (AvgIpc) is 2.49. The summed E-state index contributed by atoms with van der Waals surface area (Å²) in [6.45, 7) is 8.57. The summed E-state index contributed by atoms with van der Waals surface area (Å²) in [6.07, 6.45) is 6.04. The third-order valence-corrected chi connectivity index (χ3v) is 4.07. The molecule has 22 heavy (non-hydrogen) atoms. The standard InChI is InChI=1S/C19H30O3/c1-17-8-10-18(11-9-17)22-13-7-5-3-4-6-12-20-14-19(2)15-21-16-19/h8-11H,3-7,12-16H2,1-2H3. The van der Waals surface area contributed by atoms with Gasteiger partial charge >= 0.3 is 0 Å². The highest BCUT2D eigenvalue weighted by molar-refractivity contribution is 5.26. The van der Waals surface area contributed by atoms with Crippen molar-refractivity contribution in [2.75, 3.05) is 33.0 Å². The van der Waals surface area contributed by atoms with E-state index in [1.807, 2.05) is 12.1 Å². The van der Waals surface area contributed by atoms with Crippen LogP contribution in [0.2, 0.25) is 0 Å². The van der Waals surface area contributed by atoms with Gasteiger partial charge in [-0.3, -0.25) is 0 Å². The Morgan fingerprint density at radius 3 is 2.23 bits per heavy atom. The third-order valence-electron chi connectivity index (χ3n) is 4.07. The van der Waals surface area contributed by atoms with Crippen LogP contribution in [-0.2, 0) is 9.47 Å². The molecule has 1 heterocycles. The van der Waals surface area contributed by atoms with Gasteiger partial charge in [-0.15, -0.1) is 0 Å². The number of aryl methyl sites for hydroxylation is 1. The maximum absolute atomic E-state index is 5.73. The molecule has 1 saturated heterocycles. The zero-order valence-corrected chi connectivity index (χ0v) is 14.1. The Kier molecular flexibility index (Phi) is 7.20. The van der Waals surface area contributed by atoms with Gasteiger partial charge in [0, 0.05) is 12.0 Å². The zero-order valence-electron chi connectivity index (χ0n) is 14.1. The van der Waals surface area contributed by atoms with Crippen molar-refractivity contribution >= 4 is 0 Å². The Labute approximate surface area is 135 Å². The van der Waals surface area contributed by atoms with Crippen LogP contribution in [0.4, 0.5) is 0 Å². The summed E-state index contributed by atoms with van der Waals surface area (Å²) in [5.74, 6) is 0.979. The second kappa shape index (κ2) is 9.16. The SMILES string of the molecule is Cc1ccc(OCCCCCCCOCC2(C)COC2)cc1. The zero-order chi connectivity index (χ0) is 15.7. The van der Waals surface area contributed by atoms with E-state index in [-0.39, 0.29) is 5.41 Å². The van der Waals surface area contributed by atoms with Crippen LogP contribution in [0.1, 0.15) is 44.6 Å².